The van der Waals surface area contributed by atoms with Crippen LogP contribution in [0.25, 0.3) is 10.8 Å². The first-order chi connectivity index (χ1) is 11.7. The van der Waals surface area contributed by atoms with Gasteiger partial charge in [-0.05, 0) is 36.4 Å². The van der Waals surface area contributed by atoms with Gasteiger partial charge in [0.15, 0.2) is 0 Å². The van der Waals surface area contributed by atoms with Crippen molar-refractivity contribution in [2.75, 3.05) is 7.11 Å². The predicted molar refractivity (Wildman–Crippen MR) is 89.1 cm³/mol. The second-order valence-electron chi connectivity index (χ2n) is 6.07. The first-order valence-electron chi connectivity index (χ1n) is 7.89. The number of rotatable bonds is 4. The van der Waals surface area contributed by atoms with Crippen LogP contribution >= 0.6 is 0 Å². The van der Waals surface area contributed by atoms with Gasteiger partial charge in [-0.25, -0.2) is 9.78 Å². The van der Waals surface area contributed by atoms with Gasteiger partial charge >= 0.3 is 5.97 Å². The van der Waals surface area contributed by atoms with E-state index in [1.54, 1.807) is 35.2 Å². The zero-order chi connectivity index (χ0) is 16.7. The highest BCUT2D eigenvalue weighted by Crippen LogP contribution is 2.35. The average Bonchev–Trinajstić information content (AvgIpc) is 3.35. The third-order valence-electron chi connectivity index (χ3n) is 4.42. The van der Waals surface area contributed by atoms with Crippen LogP contribution < -0.4 is 5.56 Å². The third kappa shape index (κ3) is 2.50. The van der Waals surface area contributed by atoms with Gasteiger partial charge < -0.3 is 13.9 Å². The molecule has 122 valence electrons. The van der Waals surface area contributed by atoms with Crippen molar-refractivity contribution < 1.29 is 9.53 Å². The number of pyridine rings is 1. The SMILES string of the molecule is COC(=O)c1ccc2ccn(Cc3cncn3C3CC3)c(=O)c2c1. The number of hydrogen-bond donors (Lipinski definition) is 0. The molecule has 0 N–H and O–H groups in total. The van der Waals surface area contributed by atoms with E-state index < -0.39 is 5.97 Å². The molecule has 1 saturated carbocycles. The average molecular weight is 323 g/mol. The highest BCUT2D eigenvalue weighted by atomic mass is 16.5. The number of carbonyl (C=O) groups is 1. The lowest BCUT2D eigenvalue weighted by Gasteiger charge is -2.10. The summed E-state index contributed by atoms with van der Waals surface area (Å²) < 4.78 is 8.52. The molecule has 0 aliphatic heterocycles. The summed E-state index contributed by atoms with van der Waals surface area (Å²) in [4.78, 5) is 28.7. The fourth-order valence-electron chi connectivity index (χ4n) is 2.96. The summed E-state index contributed by atoms with van der Waals surface area (Å²) in [6.45, 7) is 0.466. The molecule has 1 aromatic carbocycles. The van der Waals surface area contributed by atoms with Crippen LogP contribution in [0.15, 0.2) is 47.8 Å². The molecular formula is C18H17N3O3. The number of imidazole rings is 1. The van der Waals surface area contributed by atoms with Gasteiger partial charge in [0.2, 0.25) is 0 Å². The monoisotopic (exact) mass is 323 g/mol. The Balaban J connectivity index is 1.75. The number of benzene rings is 1. The topological polar surface area (TPSA) is 66.1 Å². The zero-order valence-electron chi connectivity index (χ0n) is 13.3. The molecule has 0 spiro atoms. The molecule has 1 fully saturated rings. The number of esters is 1. The molecule has 0 bridgehead atoms. The number of methoxy groups -OCH3 is 1. The van der Waals surface area contributed by atoms with E-state index in [0.717, 1.165) is 11.1 Å². The lowest BCUT2D eigenvalue weighted by Crippen LogP contribution is -2.21. The molecule has 0 unspecified atom stereocenters. The molecule has 1 aliphatic carbocycles. The molecule has 24 heavy (non-hydrogen) atoms. The van der Waals surface area contributed by atoms with Gasteiger partial charge in [0.05, 0.1) is 31.2 Å². The Kier molecular flexibility index (Phi) is 3.45. The number of fused-ring (bicyclic) bond motifs is 1. The number of aromatic nitrogens is 3. The second-order valence-corrected chi connectivity index (χ2v) is 6.07. The van der Waals surface area contributed by atoms with Crippen LogP contribution in [0.2, 0.25) is 0 Å². The fraction of sp³-hybridized carbons (Fsp3) is 0.278. The molecule has 6 heteroatoms. The first kappa shape index (κ1) is 14.7. The number of nitrogens with zero attached hydrogens (tertiary/aromatic N) is 3. The minimum Gasteiger partial charge on any atom is -0.465 e. The van der Waals surface area contributed by atoms with Gasteiger partial charge in [0, 0.05) is 23.8 Å². The van der Waals surface area contributed by atoms with Crippen molar-refractivity contribution in [1.29, 1.82) is 0 Å². The van der Waals surface area contributed by atoms with Gasteiger partial charge in [0.1, 0.15) is 0 Å². The predicted octanol–water partition coefficient (Wildman–Crippen LogP) is 2.37. The van der Waals surface area contributed by atoms with Crippen molar-refractivity contribution in [3.05, 3.63) is 64.6 Å². The summed E-state index contributed by atoms with van der Waals surface area (Å²) in [7, 11) is 1.33. The van der Waals surface area contributed by atoms with Crippen LogP contribution in [0.4, 0.5) is 0 Å². The lowest BCUT2D eigenvalue weighted by molar-refractivity contribution is 0.0601. The Morgan fingerprint density at radius 2 is 2.17 bits per heavy atom. The Bertz CT molecular complexity index is 983. The van der Waals surface area contributed by atoms with Crippen LogP contribution in [0.3, 0.4) is 0 Å². The zero-order valence-corrected chi connectivity index (χ0v) is 13.3. The van der Waals surface area contributed by atoms with Crippen LogP contribution in [-0.4, -0.2) is 27.2 Å². The Hall–Kier alpha value is -2.89. The second kappa shape index (κ2) is 5.63. The summed E-state index contributed by atoms with van der Waals surface area (Å²) in [6.07, 6.45) is 7.75. The van der Waals surface area contributed by atoms with E-state index in [4.69, 9.17) is 4.74 Å². The van der Waals surface area contributed by atoms with Crippen molar-refractivity contribution in [2.45, 2.75) is 25.4 Å². The van der Waals surface area contributed by atoms with E-state index >= 15 is 0 Å². The highest BCUT2D eigenvalue weighted by Gasteiger charge is 2.25. The van der Waals surface area contributed by atoms with E-state index in [1.807, 2.05) is 12.4 Å². The van der Waals surface area contributed by atoms with Gasteiger partial charge in [-0.2, -0.15) is 0 Å². The van der Waals surface area contributed by atoms with E-state index in [0.29, 0.717) is 23.5 Å². The Morgan fingerprint density at radius 3 is 2.92 bits per heavy atom. The van der Waals surface area contributed by atoms with E-state index in [2.05, 4.69) is 9.55 Å². The molecule has 0 amide bonds. The Morgan fingerprint density at radius 1 is 1.33 bits per heavy atom. The molecule has 6 nitrogen and oxygen atoms in total. The molecular weight excluding hydrogens is 306 g/mol. The standard InChI is InChI=1S/C18H17N3O3/c1-24-18(23)13-3-2-12-6-7-20(17(22)16(12)8-13)10-15-9-19-11-21(15)14-4-5-14/h2-3,6-9,11,14H,4-5,10H2,1H3. The van der Waals surface area contributed by atoms with Crippen LogP contribution in [-0.2, 0) is 11.3 Å². The van der Waals surface area contributed by atoms with Crippen LogP contribution in [0.1, 0.15) is 34.9 Å². The third-order valence-corrected chi connectivity index (χ3v) is 4.42. The number of hydrogen-bond acceptors (Lipinski definition) is 4. The van der Waals surface area contributed by atoms with Gasteiger partial charge in [-0.3, -0.25) is 4.79 Å². The number of carbonyl (C=O) groups excluding carboxylic acids is 1. The smallest absolute Gasteiger partial charge is 0.337 e. The van der Waals surface area contributed by atoms with E-state index in [9.17, 15) is 9.59 Å². The minimum atomic E-state index is -0.446. The minimum absolute atomic E-state index is 0.123. The summed E-state index contributed by atoms with van der Waals surface area (Å²) in [6, 6.07) is 7.43. The molecule has 0 radical (unpaired) electrons. The fourth-order valence-corrected chi connectivity index (χ4v) is 2.96. The number of ether oxygens (including phenoxy) is 1. The van der Waals surface area contributed by atoms with Gasteiger partial charge in [0.25, 0.3) is 5.56 Å². The van der Waals surface area contributed by atoms with Crippen molar-refractivity contribution >= 4 is 16.7 Å². The van der Waals surface area contributed by atoms with Crippen molar-refractivity contribution in [3.63, 3.8) is 0 Å². The van der Waals surface area contributed by atoms with E-state index in [-0.39, 0.29) is 5.56 Å². The molecule has 4 rings (SSSR count). The molecule has 3 aromatic rings. The quantitative estimate of drug-likeness (QED) is 0.691. The normalized spacial score (nSPS) is 14.0. The molecule has 2 heterocycles. The Labute approximate surface area is 138 Å². The van der Waals surface area contributed by atoms with Crippen LogP contribution in [0, 0.1) is 0 Å². The maximum atomic E-state index is 12.8. The molecule has 0 saturated heterocycles. The molecule has 1 aliphatic rings. The summed E-state index contributed by atoms with van der Waals surface area (Å²) >= 11 is 0. The summed E-state index contributed by atoms with van der Waals surface area (Å²) in [5, 5.41) is 1.32. The van der Waals surface area contributed by atoms with E-state index in [1.165, 1.54) is 20.0 Å². The van der Waals surface area contributed by atoms with Crippen molar-refractivity contribution in [1.82, 2.24) is 14.1 Å². The summed E-state index contributed by atoms with van der Waals surface area (Å²) in [5.74, 6) is -0.446. The van der Waals surface area contributed by atoms with Crippen LogP contribution in [0.5, 0.6) is 0 Å². The molecule has 2 aromatic heterocycles. The maximum absolute atomic E-state index is 12.8. The van der Waals surface area contributed by atoms with Crippen molar-refractivity contribution in [3.8, 4) is 0 Å². The lowest BCUT2D eigenvalue weighted by atomic mass is 10.1. The maximum Gasteiger partial charge on any atom is 0.337 e. The van der Waals surface area contributed by atoms with Gasteiger partial charge in [-0.1, -0.05) is 6.07 Å². The van der Waals surface area contributed by atoms with Gasteiger partial charge in [-0.15, -0.1) is 0 Å². The molecule has 0 atom stereocenters. The first-order valence-corrected chi connectivity index (χ1v) is 7.89. The summed E-state index contributed by atoms with van der Waals surface area (Å²) in [5.41, 5.74) is 1.27. The largest absolute Gasteiger partial charge is 0.465 e. The van der Waals surface area contributed by atoms with Crippen molar-refractivity contribution in [2.24, 2.45) is 0 Å². The highest BCUT2D eigenvalue weighted by molar-refractivity contribution is 5.95.